The number of pyridine rings is 1. The van der Waals surface area contributed by atoms with Gasteiger partial charge in [-0.25, -0.2) is 4.52 Å². The van der Waals surface area contributed by atoms with Gasteiger partial charge >= 0.3 is 0 Å². The van der Waals surface area contributed by atoms with Crippen molar-refractivity contribution >= 4 is 11.6 Å². The molecule has 3 aromatic rings. The van der Waals surface area contributed by atoms with Crippen LogP contribution >= 0.6 is 0 Å². The molecule has 3 heterocycles. The number of amides is 1. The lowest BCUT2D eigenvalue weighted by Gasteiger charge is -2.34. The highest BCUT2D eigenvalue weighted by atomic mass is 16.3. The average molecular weight is 365 g/mol. The lowest BCUT2D eigenvalue weighted by molar-refractivity contribution is 0.0437. The van der Waals surface area contributed by atoms with Gasteiger partial charge in [-0.05, 0) is 59.7 Å². The Morgan fingerprint density at radius 1 is 1.19 bits per heavy atom. The van der Waals surface area contributed by atoms with Gasteiger partial charge in [-0.3, -0.25) is 4.79 Å². The van der Waals surface area contributed by atoms with Crippen molar-refractivity contribution in [3.05, 3.63) is 59.8 Å². The molecule has 1 atom stereocenters. The standard InChI is InChI=1S/C20H23N5O2/c26-18(7-6-15-4-2-1-3-5-15)16-8-11-24(12-9-16)20(27)17-10-13-25-19(14-17)21-22-23-25/h1-5,10,13-14,16,18,26H,6-9,11-12H2/t18-/m0/s1. The molecule has 1 amide bonds. The predicted molar refractivity (Wildman–Crippen MR) is 100 cm³/mol. The van der Waals surface area contributed by atoms with Crippen LogP contribution in [0, 0.1) is 5.92 Å². The molecule has 0 bridgehead atoms. The van der Waals surface area contributed by atoms with Crippen LogP contribution in [0.2, 0.25) is 0 Å². The first-order chi connectivity index (χ1) is 13.2. The molecule has 1 fully saturated rings. The van der Waals surface area contributed by atoms with Crippen LogP contribution in [0.5, 0.6) is 0 Å². The molecule has 0 radical (unpaired) electrons. The zero-order valence-corrected chi connectivity index (χ0v) is 15.1. The fourth-order valence-corrected chi connectivity index (χ4v) is 3.74. The summed E-state index contributed by atoms with van der Waals surface area (Å²) in [5, 5.41) is 21.8. The Labute approximate surface area is 157 Å². The van der Waals surface area contributed by atoms with Crippen molar-refractivity contribution in [2.45, 2.75) is 31.8 Å². The van der Waals surface area contributed by atoms with Crippen molar-refractivity contribution in [2.24, 2.45) is 5.92 Å². The molecule has 7 heteroatoms. The maximum atomic E-state index is 12.7. The number of aryl methyl sites for hydroxylation is 1. The molecule has 0 aliphatic carbocycles. The summed E-state index contributed by atoms with van der Waals surface area (Å²) >= 11 is 0. The topological polar surface area (TPSA) is 83.6 Å². The maximum Gasteiger partial charge on any atom is 0.254 e. The first kappa shape index (κ1) is 17.6. The van der Waals surface area contributed by atoms with Gasteiger partial charge in [0.15, 0.2) is 5.65 Å². The Hall–Kier alpha value is -2.80. The summed E-state index contributed by atoms with van der Waals surface area (Å²) < 4.78 is 1.53. The third-order valence-electron chi connectivity index (χ3n) is 5.39. The van der Waals surface area contributed by atoms with Gasteiger partial charge in [0.25, 0.3) is 5.91 Å². The molecule has 1 N–H and O–H groups in total. The minimum atomic E-state index is -0.319. The highest BCUT2D eigenvalue weighted by molar-refractivity contribution is 5.95. The first-order valence-electron chi connectivity index (χ1n) is 9.40. The summed E-state index contributed by atoms with van der Waals surface area (Å²) in [7, 11) is 0. The Balaban J connectivity index is 1.30. The highest BCUT2D eigenvalue weighted by Gasteiger charge is 2.28. The van der Waals surface area contributed by atoms with Gasteiger partial charge in [-0.2, -0.15) is 0 Å². The van der Waals surface area contributed by atoms with Gasteiger partial charge in [0.1, 0.15) is 0 Å². The van der Waals surface area contributed by atoms with E-state index < -0.39 is 0 Å². The van der Waals surface area contributed by atoms with Gasteiger partial charge in [0.2, 0.25) is 0 Å². The monoisotopic (exact) mass is 365 g/mol. The van der Waals surface area contributed by atoms with Crippen LogP contribution in [0.4, 0.5) is 0 Å². The van der Waals surface area contributed by atoms with Crippen molar-refractivity contribution in [3.63, 3.8) is 0 Å². The molecule has 2 aromatic heterocycles. The van der Waals surface area contributed by atoms with Gasteiger partial charge in [-0.1, -0.05) is 30.3 Å². The number of benzene rings is 1. The van der Waals surface area contributed by atoms with Crippen LogP contribution in [0.15, 0.2) is 48.7 Å². The maximum absolute atomic E-state index is 12.7. The second-order valence-corrected chi connectivity index (χ2v) is 7.12. The van der Waals surface area contributed by atoms with E-state index in [2.05, 4.69) is 27.7 Å². The molecule has 7 nitrogen and oxygen atoms in total. The molecule has 0 saturated carbocycles. The largest absolute Gasteiger partial charge is 0.393 e. The summed E-state index contributed by atoms with van der Waals surface area (Å²) in [5.74, 6) is 0.249. The molecule has 140 valence electrons. The summed E-state index contributed by atoms with van der Waals surface area (Å²) in [6, 6.07) is 13.7. The fraction of sp³-hybridized carbons (Fsp3) is 0.400. The lowest BCUT2D eigenvalue weighted by Crippen LogP contribution is -2.41. The van der Waals surface area contributed by atoms with Crippen molar-refractivity contribution < 1.29 is 9.90 Å². The molecule has 1 aromatic carbocycles. The molecule has 0 unspecified atom stereocenters. The van der Waals surface area contributed by atoms with E-state index in [1.165, 1.54) is 10.1 Å². The molecule has 1 saturated heterocycles. The smallest absolute Gasteiger partial charge is 0.254 e. The van der Waals surface area contributed by atoms with E-state index in [0.29, 0.717) is 24.3 Å². The second-order valence-electron chi connectivity index (χ2n) is 7.12. The van der Waals surface area contributed by atoms with Gasteiger partial charge in [0.05, 0.1) is 6.10 Å². The van der Waals surface area contributed by atoms with Crippen LogP contribution in [-0.4, -0.2) is 55.1 Å². The fourth-order valence-electron chi connectivity index (χ4n) is 3.74. The minimum absolute atomic E-state index is 0.00211. The van der Waals surface area contributed by atoms with E-state index in [1.807, 2.05) is 23.1 Å². The number of fused-ring (bicyclic) bond motifs is 1. The predicted octanol–water partition coefficient (Wildman–Crippen LogP) is 1.97. The molecule has 1 aliphatic heterocycles. The number of hydrogen-bond acceptors (Lipinski definition) is 5. The average Bonchev–Trinajstić information content (AvgIpc) is 3.20. The van der Waals surface area contributed by atoms with Crippen LogP contribution in [-0.2, 0) is 6.42 Å². The summed E-state index contributed by atoms with van der Waals surface area (Å²) in [6.07, 6.45) is 4.68. The highest BCUT2D eigenvalue weighted by Crippen LogP contribution is 2.24. The first-order valence-corrected chi connectivity index (χ1v) is 9.40. The molecule has 0 spiro atoms. The Bertz CT molecular complexity index is 903. The van der Waals surface area contributed by atoms with E-state index in [4.69, 9.17) is 0 Å². The minimum Gasteiger partial charge on any atom is -0.393 e. The number of carbonyl (C=O) groups excluding carboxylic acids is 1. The number of nitrogens with zero attached hydrogens (tertiary/aromatic N) is 5. The number of likely N-dealkylation sites (tertiary alicyclic amines) is 1. The SMILES string of the molecule is O=C(c1ccn2nnnc2c1)N1CCC([C@@H](O)CCc2ccccc2)CC1. The van der Waals surface area contributed by atoms with Crippen molar-refractivity contribution in [3.8, 4) is 0 Å². The van der Waals surface area contributed by atoms with Crippen molar-refractivity contribution in [1.29, 1.82) is 0 Å². The number of hydrogen-bond donors (Lipinski definition) is 1. The Kier molecular flexibility index (Phi) is 5.11. The quantitative estimate of drug-likeness (QED) is 0.747. The van der Waals surface area contributed by atoms with E-state index in [1.54, 1.807) is 18.3 Å². The molecular formula is C20H23N5O2. The number of aromatic nitrogens is 4. The van der Waals surface area contributed by atoms with Crippen LogP contribution < -0.4 is 0 Å². The number of carbonyl (C=O) groups is 1. The van der Waals surface area contributed by atoms with E-state index >= 15 is 0 Å². The summed E-state index contributed by atoms with van der Waals surface area (Å²) in [5.41, 5.74) is 2.41. The summed E-state index contributed by atoms with van der Waals surface area (Å²) in [4.78, 5) is 14.6. The number of aliphatic hydroxyl groups excluding tert-OH is 1. The normalized spacial score (nSPS) is 16.6. The molecular weight excluding hydrogens is 342 g/mol. The van der Waals surface area contributed by atoms with Crippen molar-refractivity contribution in [1.82, 2.24) is 24.9 Å². The number of piperidine rings is 1. The van der Waals surface area contributed by atoms with Gasteiger partial charge in [-0.15, -0.1) is 5.10 Å². The van der Waals surface area contributed by atoms with Crippen LogP contribution in [0.25, 0.3) is 5.65 Å². The summed E-state index contributed by atoms with van der Waals surface area (Å²) in [6.45, 7) is 1.34. The number of tetrazole rings is 1. The Morgan fingerprint density at radius 2 is 1.96 bits per heavy atom. The third kappa shape index (κ3) is 3.98. The Morgan fingerprint density at radius 3 is 2.74 bits per heavy atom. The zero-order valence-electron chi connectivity index (χ0n) is 15.1. The zero-order chi connectivity index (χ0) is 18.6. The third-order valence-corrected chi connectivity index (χ3v) is 5.39. The number of rotatable bonds is 5. The van der Waals surface area contributed by atoms with E-state index in [0.717, 1.165) is 25.7 Å². The van der Waals surface area contributed by atoms with Crippen molar-refractivity contribution in [2.75, 3.05) is 13.1 Å². The van der Waals surface area contributed by atoms with E-state index in [-0.39, 0.29) is 17.9 Å². The molecule has 1 aliphatic rings. The second kappa shape index (κ2) is 7.84. The van der Waals surface area contributed by atoms with Crippen LogP contribution in [0.1, 0.15) is 35.2 Å². The van der Waals surface area contributed by atoms with E-state index in [9.17, 15) is 9.90 Å². The molecule has 4 rings (SSSR count). The van der Waals surface area contributed by atoms with Crippen LogP contribution in [0.3, 0.4) is 0 Å². The lowest BCUT2D eigenvalue weighted by atomic mass is 9.88. The number of aliphatic hydroxyl groups is 1. The van der Waals surface area contributed by atoms with Gasteiger partial charge < -0.3 is 10.0 Å². The van der Waals surface area contributed by atoms with Gasteiger partial charge in [0, 0.05) is 24.8 Å². The molecule has 27 heavy (non-hydrogen) atoms.